The Kier molecular flexibility index (Phi) is 4.79. The van der Waals surface area contributed by atoms with Crippen molar-refractivity contribution in [3.8, 4) is 5.75 Å². The monoisotopic (exact) mass is 447 g/mol. The number of rotatable bonds is 2. The van der Waals surface area contributed by atoms with Gasteiger partial charge in [0, 0.05) is 9.61 Å². The van der Waals surface area contributed by atoms with Gasteiger partial charge < -0.3 is 5.11 Å². The third-order valence-electron chi connectivity index (χ3n) is 4.38. The predicted octanol–water partition coefficient (Wildman–Crippen LogP) is 4.90. The molecule has 0 spiro atoms. The molecule has 2 nitrogen and oxygen atoms in total. The number of alkyl halides is 3. The average molecular weight is 447 g/mol. The number of hydrogen-bond donors (Lipinski definition) is 1. The molecule has 1 N–H and O–H groups in total. The minimum atomic E-state index is -4.26. The molecule has 1 aliphatic heterocycles. The summed E-state index contributed by atoms with van der Waals surface area (Å²) in [4.78, 5) is 1.50. The van der Waals surface area contributed by atoms with Crippen molar-refractivity contribution in [2.45, 2.75) is 31.6 Å². The second-order valence-corrected chi connectivity index (χ2v) is 7.42. The molecule has 0 saturated carbocycles. The molecule has 24 heavy (non-hydrogen) atoms. The second-order valence-electron chi connectivity index (χ2n) is 6.18. The van der Waals surface area contributed by atoms with Crippen molar-refractivity contribution in [2.24, 2.45) is 0 Å². The Morgan fingerprint density at radius 1 is 1.17 bits per heavy atom. The zero-order valence-corrected chi connectivity index (χ0v) is 15.2. The van der Waals surface area contributed by atoms with Crippen LogP contribution in [-0.2, 0) is 6.42 Å². The molecule has 3 rings (SSSR count). The van der Waals surface area contributed by atoms with Crippen molar-refractivity contribution in [1.29, 1.82) is 0 Å². The summed E-state index contributed by atoms with van der Waals surface area (Å²) in [6.45, 7) is 0.851. The standard InChI is InChI=1S/C18H17F3INO/c1-11-8-13-9-15(24)6-7-16(13)17(23(11)10-18(19,20)21)12-2-4-14(22)5-3-12/h2-7,9,11,17,24H,8,10H2,1H3. The maximum absolute atomic E-state index is 13.1. The first kappa shape index (κ1) is 17.5. The van der Waals surface area contributed by atoms with Gasteiger partial charge >= 0.3 is 6.18 Å². The molecular formula is C18H17F3INO. The van der Waals surface area contributed by atoms with Crippen molar-refractivity contribution >= 4 is 22.6 Å². The van der Waals surface area contributed by atoms with Crippen LogP contribution in [-0.4, -0.2) is 28.8 Å². The minimum Gasteiger partial charge on any atom is -0.508 e. The predicted molar refractivity (Wildman–Crippen MR) is 95.0 cm³/mol. The van der Waals surface area contributed by atoms with Crippen molar-refractivity contribution in [3.63, 3.8) is 0 Å². The third-order valence-corrected chi connectivity index (χ3v) is 5.10. The Labute approximate surface area is 152 Å². The largest absolute Gasteiger partial charge is 0.508 e. The van der Waals surface area contributed by atoms with E-state index in [1.807, 2.05) is 24.3 Å². The van der Waals surface area contributed by atoms with E-state index in [1.165, 1.54) is 4.90 Å². The van der Waals surface area contributed by atoms with Gasteiger partial charge in [0.25, 0.3) is 0 Å². The van der Waals surface area contributed by atoms with E-state index in [4.69, 9.17) is 0 Å². The normalized spacial score (nSPS) is 21.5. The van der Waals surface area contributed by atoms with Crippen molar-refractivity contribution in [1.82, 2.24) is 4.90 Å². The molecular weight excluding hydrogens is 430 g/mol. The van der Waals surface area contributed by atoms with Crippen LogP contribution in [0.4, 0.5) is 13.2 Å². The van der Waals surface area contributed by atoms with E-state index in [-0.39, 0.29) is 11.8 Å². The Hall–Kier alpha value is -1.28. The van der Waals surface area contributed by atoms with Crippen LogP contribution in [0.25, 0.3) is 0 Å². The lowest BCUT2D eigenvalue weighted by molar-refractivity contribution is -0.155. The van der Waals surface area contributed by atoms with E-state index in [2.05, 4.69) is 22.6 Å². The molecule has 1 heterocycles. The molecule has 0 saturated heterocycles. The van der Waals surface area contributed by atoms with Gasteiger partial charge in [-0.1, -0.05) is 18.2 Å². The highest BCUT2D eigenvalue weighted by Gasteiger charge is 2.40. The molecule has 2 aromatic rings. The highest BCUT2D eigenvalue weighted by Crippen LogP contribution is 2.40. The number of fused-ring (bicyclic) bond motifs is 1. The molecule has 2 atom stereocenters. The Balaban J connectivity index is 2.11. The summed E-state index contributed by atoms with van der Waals surface area (Å²) >= 11 is 2.18. The second kappa shape index (κ2) is 6.55. The first-order valence-corrected chi connectivity index (χ1v) is 8.72. The first-order chi connectivity index (χ1) is 11.2. The zero-order chi connectivity index (χ0) is 17.5. The summed E-state index contributed by atoms with van der Waals surface area (Å²) in [6, 6.07) is 11.8. The van der Waals surface area contributed by atoms with Gasteiger partial charge in [0.1, 0.15) is 5.75 Å². The van der Waals surface area contributed by atoms with Crippen LogP contribution >= 0.6 is 22.6 Å². The maximum Gasteiger partial charge on any atom is 0.401 e. The maximum atomic E-state index is 13.1. The van der Waals surface area contributed by atoms with E-state index in [1.54, 1.807) is 25.1 Å². The lowest BCUT2D eigenvalue weighted by atomic mass is 9.85. The fourth-order valence-electron chi connectivity index (χ4n) is 3.37. The van der Waals surface area contributed by atoms with Crippen LogP contribution < -0.4 is 0 Å². The number of phenols is 1. The summed E-state index contributed by atoms with van der Waals surface area (Å²) in [6.07, 6.45) is -3.77. The van der Waals surface area contributed by atoms with Crippen LogP contribution in [0.5, 0.6) is 5.75 Å². The highest BCUT2D eigenvalue weighted by atomic mass is 127. The van der Waals surface area contributed by atoms with E-state index >= 15 is 0 Å². The number of benzene rings is 2. The van der Waals surface area contributed by atoms with Gasteiger partial charge in [-0.3, -0.25) is 4.90 Å². The molecule has 0 radical (unpaired) electrons. The van der Waals surface area contributed by atoms with Gasteiger partial charge in [-0.2, -0.15) is 13.2 Å². The van der Waals surface area contributed by atoms with Crippen molar-refractivity contribution < 1.29 is 18.3 Å². The quantitative estimate of drug-likeness (QED) is 0.663. The number of aromatic hydroxyl groups is 1. The third kappa shape index (κ3) is 3.69. The van der Waals surface area contributed by atoms with Crippen molar-refractivity contribution in [2.75, 3.05) is 6.54 Å². The molecule has 0 aliphatic carbocycles. The van der Waals surface area contributed by atoms with Crippen LogP contribution in [0.1, 0.15) is 29.7 Å². The number of halogens is 4. The van der Waals surface area contributed by atoms with Gasteiger partial charge in [-0.15, -0.1) is 0 Å². The molecule has 0 bridgehead atoms. The van der Waals surface area contributed by atoms with Crippen LogP contribution in [0.2, 0.25) is 0 Å². The van der Waals surface area contributed by atoms with E-state index in [0.29, 0.717) is 6.42 Å². The molecule has 0 aromatic heterocycles. The summed E-state index contributed by atoms with van der Waals surface area (Å²) in [7, 11) is 0. The smallest absolute Gasteiger partial charge is 0.401 e. The van der Waals surface area contributed by atoms with E-state index in [9.17, 15) is 18.3 Å². The van der Waals surface area contributed by atoms with Gasteiger partial charge in [-0.25, -0.2) is 0 Å². The summed E-state index contributed by atoms with van der Waals surface area (Å²) in [5, 5.41) is 9.73. The fraction of sp³-hybridized carbons (Fsp3) is 0.333. The number of nitrogens with zero attached hydrogens (tertiary/aromatic N) is 1. The Morgan fingerprint density at radius 2 is 1.83 bits per heavy atom. The zero-order valence-electron chi connectivity index (χ0n) is 13.0. The Morgan fingerprint density at radius 3 is 2.46 bits per heavy atom. The molecule has 2 aromatic carbocycles. The summed E-state index contributed by atoms with van der Waals surface area (Å²) in [5.74, 6) is 0.145. The Bertz CT molecular complexity index is 730. The molecule has 2 unspecified atom stereocenters. The molecule has 1 aliphatic rings. The van der Waals surface area contributed by atoms with Crippen molar-refractivity contribution in [3.05, 3.63) is 62.7 Å². The van der Waals surface area contributed by atoms with E-state index < -0.39 is 18.8 Å². The average Bonchev–Trinajstić information content (AvgIpc) is 2.48. The summed E-state index contributed by atoms with van der Waals surface area (Å²) in [5.41, 5.74) is 2.57. The van der Waals surface area contributed by atoms with Crippen LogP contribution in [0.3, 0.4) is 0 Å². The molecule has 0 fully saturated rings. The minimum absolute atomic E-state index is 0.145. The lowest BCUT2D eigenvalue weighted by Crippen LogP contribution is -2.47. The number of phenolic OH excluding ortho intramolecular Hbond substituents is 1. The first-order valence-electron chi connectivity index (χ1n) is 7.64. The molecule has 6 heteroatoms. The molecule has 0 amide bonds. The summed E-state index contributed by atoms with van der Waals surface area (Å²) < 4.78 is 40.4. The SMILES string of the molecule is CC1Cc2cc(O)ccc2C(c2ccc(I)cc2)N1CC(F)(F)F. The van der Waals surface area contributed by atoms with Gasteiger partial charge in [0.15, 0.2) is 0 Å². The fourth-order valence-corrected chi connectivity index (χ4v) is 3.73. The van der Waals surface area contributed by atoms with Crippen LogP contribution in [0, 0.1) is 3.57 Å². The highest BCUT2D eigenvalue weighted by molar-refractivity contribution is 14.1. The van der Waals surface area contributed by atoms with Gasteiger partial charge in [0.05, 0.1) is 12.6 Å². The van der Waals surface area contributed by atoms with E-state index in [0.717, 1.165) is 20.3 Å². The number of hydrogen-bond acceptors (Lipinski definition) is 2. The van der Waals surface area contributed by atoms with Crippen LogP contribution in [0.15, 0.2) is 42.5 Å². The van der Waals surface area contributed by atoms with Gasteiger partial charge in [-0.05, 0) is 76.9 Å². The molecule has 128 valence electrons. The lowest BCUT2D eigenvalue weighted by Gasteiger charge is -2.42. The van der Waals surface area contributed by atoms with Gasteiger partial charge in [0.2, 0.25) is 0 Å². The topological polar surface area (TPSA) is 23.5 Å².